The Morgan fingerprint density at radius 1 is 1.29 bits per heavy atom. The molecule has 1 atom stereocenters. The molecule has 1 saturated heterocycles. The Bertz CT molecular complexity index is 995. The van der Waals surface area contributed by atoms with Crippen molar-refractivity contribution in [3.8, 4) is 6.07 Å². The van der Waals surface area contributed by atoms with Gasteiger partial charge in [0, 0.05) is 17.2 Å². The number of benzene rings is 2. The van der Waals surface area contributed by atoms with Crippen molar-refractivity contribution in [3.63, 3.8) is 0 Å². The summed E-state index contributed by atoms with van der Waals surface area (Å²) in [6.45, 7) is 2.01. The van der Waals surface area contributed by atoms with Crippen molar-refractivity contribution < 1.29 is 9.59 Å². The van der Waals surface area contributed by atoms with Gasteiger partial charge in [-0.25, -0.2) is 0 Å². The Hall–Kier alpha value is -2.56. The first kappa shape index (κ1) is 20.2. The molecule has 2 amide bonds. The summed E-state index contributed by atoms with van der Waals surface area (Å²) in [4.78, 5) is 26.9. The number of rotatable bonds is 4. The van der Waals surface area contributed by atoms with Gasteiger partial charge >= 0.3 is 0 Å². The van der Waals surface area contributed by atoms with Crippen LogP contribution in [0.1, 0.15) is 11.1 Å². The molecule has 142 valence electrons. The number of anilines is 1. The quantitative estimate of drug-likeness (QED) is 0.559. The maximum atomic E-state index is 13.2. The van der Waals surface area contributed by atoms with Crippen molar-refractivity contribution in [2.45, 2.75) is 18.6 Å². The number of hydrogen-bond donors (Lipinski definition) is 1. The van der Waals surface area contributed by atoms with Crippen LogP contribution in [0.2, 0.25) is 0 Å². The molecule has 2 aromatic rings. The Morgan fingerprint density at radius 3 is 2.61 bits per heavy atom. The third-order valence-corrected chi connectivity index (χ3v) is 6.11. The predicted molar refractivity (Wildman–Crippen MR) is 115 cm³/mol. The number of hydrogen-bond acceptors (Lipinski definition) is 4. The normalized spacial score (nSPS) is 18.0. The van der Waals surface area contributed by atoms with Crippen molar-refractivity contribution in [2.24, 2.45) is 0 Å². The van der Waals surface area contributed by atoms with E-state index >= 15 is 0 Å². The van der Waals surface area contributed by atoms with Crippen molar-refractivity contribution in [1.29, 1.82) is 5.26 Å². The maximum absolute atomic E-state index is 13.2. The van der Waals surface area contributed by atoms with Crippen molar-refractivity contribution in [3.05, 3.63) is 74.7 Å². The van der Waals surface area contributed by atoms with Gasteiger partial charge in [-0.15, -0.1) is 0 Å². The molecule has 1 fully saturated rings. The maximum Gasteiger partial charge on any atom is 0.264 e. The zero-order chi connectivity index (χ0) is 20.3. The topological polar surface area (TPSA) is 73.2 Å². The lowest BCUT2D eigenvalue weighted by Gasteiger charge is -2.18. The van der Waals surface area contributed by atoms with Crippen LogP contribution in [0.4, 0.5) is 5.69 Å². The fraction of sp³-hybridized carbons (Fsp3) is 0.190. The van der Waals surface area contributed by atoms with Crippen molar-refractivity contribution >= 4 is 45.2 Å². The molecular formula is C21H18BrN3O2S. The molecule has 0 saturated carbocycles. The molecule has 1 unspecified atom stereocenters. The van der Waals surface area contributed by atoms with Gasteiger partial charge in [0.15, 0.2) is 0 Å². The van der Waals surface area contributed by atoms with Crippen LogP contribution in [0.15, 0.2) is 63.6 Å². The second kappa shape index (κ2) is 8.63. The highest BCUT2D eigenvalue weighted by Gasteiger charge is 2.40. The molecule has 1 heterocycles. The van der Waals surface area contributed by atoms with Gasteiger partial charge in [0.05, 0.1) is 5.25 Å². The Balaban J connectivity index is 2.04. The van der Waals surface area contributed by atoms with Crippen LogP contribution in [-0.4, -0.2) is 24.1 Å². The summed E-state index contributed by atoms with van der Waals surface area (Å²) in [6, 6.07) is 17.2. The van der Waals surface area contributed by atoms with Gasteiger partial charge in [-0.3, -0.25) is 14.5 Å². The summed E-state index contributed by atoms with van der Waals surface area (Å²) in [5.74, 6) is -0.642. The number of aryl methyl sites for hydroxylation is 1. The van der Waals surface area contributed by atoms with Gasteiger partial charge in [-0.1, -0.05) is 57.5 Å². The Labute approximate surface area is 176 Å². The van der Waals surface area contributed by atoms with Crippen LogP contribution in [0.3, 0.4) is 0 Å². The van der Waals surface area contributed by atoms with E-state index in [0.29, 0.717) is 17.1 Å². The number of nitrogens with one attached hydrogen (secondary N) is 1. The third kappa shape index (κ3) is 4.13. The molecule has 1 N–H and O–H groups in total. The Morgan fingerprint density at radius 2 is 2.00 bits per heavy atom. The first-order chi connectivity index (χ1) is 13.4. The summed E-state index contributed by atoms with van der Waals surface area (Å²) >= 11 is 4.65. The van der Waals surface area contributed by atoms with Crippen LogP contribution in [0, 0.1) is 18.3 Å². The average molecular weight is 456 g/mol. The molecule has 3 rings (SSSR count). The molecule has 5 nitrogen and oxygen atoms in total. The van der Waals surface area contributed by atoms with Crippen LogP contribution in [0.25, 0.3) is 0 Å². The van der Waals surface area contributed by atoms with Gasteiger partial charge < -0.3 is 5.32 Å². The van der Waals surface area contributed by atoms with E-state index in [1.54, 1.807) is 12.1 Å². The number of thioether (sulfide) groups is 1. The second-order valence-electron chi connectivity index (χ2n) is 6.32. The standard InChI is InChI=1S/C21H18BrN3O2S/c1-13-4-3-5-14(10-13)11-18-20(27)25(16-8-6-15(22)7-9-16)21(28-18)17(12-23)19(26)24-2/h3-10,18H,11H2,1-2H3,(H,24,26). The predicted octanol–water partition coefficient (Wildman–Crippen LogP) is 3.93. The minimum atomic E-state index is -0.504. The second-order valence-corrected chi connectivity index (χ2v) is 8.43. The highest BCUT2D eigenvalue weighted by Crippen LogP contribution is 2.42. The highest BCUT2D eigenvalue weighted by molar-refractivity contribution is 9.10. The van der Waals surface area contributed by atoms with E-state index in [9.17, 15) is 14.9 Å². The molecular weight excluding hydrogens is 438 g/mol. The lowest BCUT2D eigenvalue weighted by Crippen LogP contribution is -2.31. The lowest BCUT2D eigenvalue weighted by molar-refractivity contribution is -0.117. The van der Waals surface area contributed by atoms with Gasteiger partial charge in [0.25, 0.3) is 5.91 Å². The van der Waals surface area contributed by atoms with Crippen LogP contribution in [0.5, 0.6) is 0 Å². The van der Waals surface area contributed by atoms with E-state index in [0.717, 1.165) is 15.6 Å². The molecule has 0 radical (unpaired) electrons. The van der Waals surface area contributed by atoms with Gasteiger partial charge in [-0.05, 0) is 43.2 Å². The summed E-state index contributed by atoms with van der Waals surface area (Å²) in [7, 11) is 1.47. The number of nitrogens with zero attached hydrogens (tertiary/aromatic N) is 2. The minimum Gasteiger partial charge on any atom is -0.354 e. The number of nitriles is 1. The van der Waals surface area contributed by atoms with E-state index in [1.165, 1.54) is 23.7 Å². The zero-order valence-electron chi connectivity index (χ0n) is 15.4. The molecule has 7 heteroatoms. The molecule has 28 heavy (non-hydrogen) atoms. The minimum absolute atomic E-state index is 0.0597. The molecule has 0 bridgehead atoms. The van der Waals surface area contributed by atoms with Crippen LogP contribution in [-0.2, 0) is 16.0 Å². The lowest BCUT2D eigenvalue weighted by atomic mass is 10.1. The first-order valence-corrected chi connectivity index (χ1v) is 10.3. The van der Waals surface area contributed by atoms with Crippen molar-refractivity contribution in [2.75, 3.05) is 11.9 Å². The largest absolute Gasteiger partial charge is 0.354 e. The van der Waals surface area contributed by atoms with E-state index < -0.39 is 11.2 Å². The number of amides is 2. The average Bonchev–Trinajstić information content (AvgIpc) is 2.99. The molecule has 2 aromatic carbocycles. The number of likely N-dealkylation sites (N-methyl/N-ethyl adjacent to an activating group) is 1. The summed E-state index contributed by atoms with van der Waals surface area (Å²) in [6.07, 6.45) is 0.522. The monoisotopic (exact) mass is 455 g/mol. The van der Waals surface area contributed by atoms with Gasteiger partial charge in [-0.2, -0.15) is 5.26 Å². The van der Waals surface area contributed by atoms with Gasteiger partial charge in [0.1, 0.15) is 16.7 Å². The molecule has 0 aliphatic carbocycles. The van der Waals surface area contributed by atoms with Crippen LogP contribution >= 0.6 is 27.7 Å². The van der Waals surface area contributed by atoms with Gasteiger partial charge in [0.2, 0.25) is 5.91 Å². The smallest absolute Gasteiger partial charge is 0.264 e. The van der Waals surface area contributed by atoms with Crippen molar-refractivity contribution in [1.82, 2.24) is 5.32 Å². The zero-order valence-corrected chi connectivity index (χ0v) is 17.8. The van der Waals surface area contributed by atoms with E-state index in [1.807, 2.05) is 49.4 Å². The SMILES string of the molecule is CNC(=O)C(C#N)=C1SC(Cc2cccc(C)c2)C(=O)N1c1ccc(Br)cc1. The third-order valence-electron chi connectivity index (χ3n) is 4.32. The highest BCUT2D eigenvalue weighted by atomic mass is 79.9. The first-order valence-electron chi connectivity index (χ1n) is 8.62. The van der Waals surface area contributed by atoms with E-state index in [2.05, 4.69) is 21.2 Å². The summed E-state index contributed by atoms with van der Waals surface area (Å²) in [5, 5.41) is 12.0. The fourth-order valence-corrected chi connectivity index (χ4v) is 4.56. The summed E-state index contributed by atoms with van der Waals surface area (Å²) < 4.78 is 0.879. The number of carbonyl (C=O) groups excluding carboxylic acids is 2. The molecule has 0 aromatic heterocycles. The molecule has 1 aliphatic rings. The fourth-order valence-electron chi connectivity index (χ4n) is 2.99. The molecule has 1 aliphatic heterocycles. The Kier molecular flexibility index (Phi) is 6.22. The molecule has 0 spiro atoms. The van der Waals surface area contributed by atoms with Crippen LogP contribution < -0.4 is 10.2 Å². The van der Waals surface area contributed by atoms with E-state index in [4.69, 9.17) is 0 Å². The van der Waals surface area contributed by atoms with E-state index in [-0.39, 0.29) is 11.5 Å². The number of carbonyl (C=O) groups is 2. The summed E-state index contributed by atoms with van der Waals surface area (Å²) in [5.41, 5.74) is 2.73. The number of halogens is 1.